The maximum absolute atomic E-state index is 13.2. The fourth-order valence-electron chi connectivity index (χ4n) is 6.24. The largest absolute Gasteiger partial charge is 0.300 e. The highest BCUT2D eigenvalue weighted by atomic mass is 16.2. The predicted molar refractivity (Wildman–Crippen MR) is 151 cm³/mol. The summed E-state index contributed by atoms with van der Waals surface area (Å²) in [6.45, 7) is 9.87. The summed E-state index contributed by atoms with van der Waals surface area (Å²) in [6, 6.07) is 6.12. The minimum atomic E-state index is -0.0961. The number of fused-ring (bicyclic) bond motifs is 1. The molecule has 0 spiro atoms. The van der Waals surface area contributed by atoms with Crippen LogP contribution in [0.5, 0.6) is 0 Å². The van der Waals surface area contributed by atoms with Gasteiger partial charge in [-0.3, -0.25) is 19.2 Å². The van der Waals surface area contributed by atoms with Crippen LogP contribution < -0.4 is 0 Å². The Kier molecular flexibility index (Phi) is 13.5. The van der Waals surface area contributed by atoms with E-state index < -0.39 is 0 Å². The van der Waals surface area contributed by atoms with Crippen LogP contribution in [0.2, 0.25) is 0 Å². The Morgan fingerprint density at radius 2 is 1.68 bits per heavy atom. The van der Waals surface area contributed by atoms with Crippen molar-refractivity contribution >= 4 is 23.1 Å². The third-order valence-corrected chi connectivity index (χ3v) is 8.50. The van der Waals surface area contributed by atoms with Crippen molar-refractivity contribution in [3.63, 3.8) is 0 Å². The number of unbranched alkanes of at least 4 members (excludes halogenated alkanes) is 4. The van der Waals surface area contributed by atoms with E-state index in [-0.39, 0.29) is 53.2 Å². The van der Waals surface area contributed by atoms with Gasteiger partial charge < -0.3 is 0 Å². The van der Waals surface area contributed by atoms with Gasteiger partial charge in [0, 0.05) is 30.2 Å². The molecule has 0 heterocycles. The molecular formula is C33H50O4. The minimum Gasteiger partial charge on any atom is -0.300 e. The van der Waals surface area contributed by atoms with Crippen LogP contribution in [-0.4, -0.2) is 23.1 Å². The van der Waals surface area contributed by atoms with Crippen molar-refractivity contribution < 1.29 is 19.2 Å². The number of rotatable bonds is 18. The Labute approximate surface area is 225 Å². The van der Waals surface area contributed by atoms with Crippen LogP contribution >= 0.6 is 0 Å². The summed E-state index contributed by atoms with van der Waals surface area (Å²) in [5.41, 5.74) is 3.12. The predicted octanol–water partition coefficient (Wildman–Crippen LogP) is 8.06. The molecule has 1 aliphatic rings. The normalized spacial score (nSPS) is 17.6. The Bertz CT molecular complexity index is 915. The zero-order chi connectivity index (χ0) is 27.4. The van der Waals surface area contributed by atoms with Crippen molar-refractivity contribution in [2.75, 3.05) is 0 Å². The van der Waals surface area contributed by atoms with Gasteiger partial charge in [0.25, 0.3) is 0 Å². The van der Waals surface area contributed by atoms with E-state index in [0.29, 0.717) is 12.8 Å². The maximum atomic E-state index is 13.2. The lowest BCUT2D eigenvalue weighted by Crippen LogP contribution is -2.30. The zero-order valence-electron chi connectivity index (χ0n) is 24.1. The van der Waals surface area contributed by atoms with Crippen LogP contribution in [0.25, 0.3) is 0 Å². The van der Waals surface area contributed by atoms with Gasteiger partial charge in [0.2, 0.25) is 0 Å². The van der Waals surface area contributed by atoms with Crippen molar-refractivity contribution in [2.24, 2.45) is 23.7 Å². The van der Waals surface area contributed by atoms with Gasteiger partial charge >= 0.3 is 0 Å². The molecule has 4 heteroatoms. The van der Waals surface area contributed by atoms with Gasteiger partial charge in [0.1, 0.15) is 17.3 Å². The van der Waals surface area contributed by atoms with E-state index in [4.69, 9.17) is 0 Å². The summed E-state index contributed by atoms with van der Waals surface area (Å²) < 4.78 is 0. The molecule has 0 radical (unpaired) electrons. The number of benzene rings is 1. The van der Waals surface area contributed by atoms with E-state index in [1.807, 2.05) is 26.0 Å². The summed E-state index contributed by atoms with van der Waals surface area (Å²) in [7, 11) is 0. The molecule has 0 N–H and O–H groups in total. The molecule has 1 aromatic rings. The van der Waals surface area contributed by atoms with Crippen molar-refractivity contribution in [3.8, 4) is 0 Å². The van der Waals surface area contributed by atoms with Crippen LogP contribution in [0, 0.1) is 30.6 Å². The molecule has 4 unspecified atom stereocenters. The highest BCUT2D eigenvalue weighted by Crippen LogP contribution is 2.36. The van der Waals surface area contributed by atoms with Gasteiger partial charge in [-0.15, -0.1) is 0 Å². The SMILES string of the molecule is CCCC(CC1CC(=O)c2c(C)cccc2C1)C(CC)C(=O)CC(=O)CCCCCCCC(C)C(C)=O. The van der Waals surface area contributed by atoms with Gasteiger partial charge in [-0.2, -0.15) is 0 Å². The average molecular weight is 511 g/mol. The van der Waals surface area contributed by atoms with Crippen molar-refractivity contribution in [1.29, 1.82) is 0 Å². The molecule has 0 bridgehead atoms. The highest BCUT2D eigenvalue weighted by Gasteiger charge is 2.33. The molecule has 0 fully saturated rings. The van der Waals surface area contributed by atoms with E-state index in [1.54, 1.807) is 6.92 Å². The van der Waals surface area contributed by atoms with Crippen LogP contribution in [0.1, 0.15) is 133 Å². The molecule has 1 aromatic carbocycles. The van der Waals surface area contributed by atoms with Crippen LogP contribution in [0.3, 0.4) is 0 Å². The minimum absolute atomic E-state index is 0.0560. The lowest BCUT2D eigenvalue weighted by molar-refractivity contribution is -0.130. The standard InChI is InChI=1S/C33H50O4/c1-6-14-27(19-26-20-28-17-13-16-24(4)33(28)32(37)21-26)30(7-2)31(36)22-29(35)18-12-10-8-9-11-15-23(3)25(5)34/h13,16-17,23,26-27,30H,6-12,14-15,18-22H2,1-5H3. The smallest absolute Gasteiger partial charge is 0.163 e. The van der Waals surface area contributed by atoms with Gasteiger partial charge in [-0.25, -0.2) is 0 Å². The maximum Gasteiger partial charge on any atom is 0.163 e. The molecule has 4 nitrogen and oxygen atoms in total. The molecular weight excluding hydrogens is 460 g/mol. The van der Waals surface area contributed by atoms with Crippen LogP contribution in [-0.2, 0) is 20.8 Å². The number of Topliss-reactive ketones (excluding diaryl/α,β-unsaturated/α-hetero) is 4. The van der Waals surface area contributed by atoms with Crippen molar-refractivity contribution in [2.45, 2.75) is 125 Å². The van der Waals surface area contributed by atoms with Gasteiger partial charge in [0.05, 0.1) is 6.42 Å². The lowest BCUT2D eigenvalue weighted by Gasteiger charge is -2.31. The Morgan fingerprint density at radius 1 is 0.973 bits per heavy atom. The second-order valence-electron chi connectivity index (χ2n) is 11.6. The fourth-order valence-corrected chi connectivity index (χ4v) is 6.24. The number of carbonyl (C=O) groups excluding carboxylic acids is 4. The Hall–Kier alpha value is -2.10. The third kappa shape index (κ3) is 9.94. The second-order valence-corrected chi connectivity index (χ2v) is 11.6. The van der Waals surface area contributed by atoms with Crippen molar-refractivity contribution in [1.82, 2.24) is 0 Å². The lowest BCUT2D eigenvalue weighted by atomic mass is 9.72. The number of aryl methyl sites for hydroxylation is 1. The molecule has 0 aromatic heterocycles. The Morgan fingerprint density at radius 3 is 2.35 bits per heavy atom. The first-order valence-corrected chi connectivity index (χ1v) is 14.8. The summed E-state index contributed by atoms with van der Waals surface area (Å²) >= 11 is 0. The zero-order valence-corrected chi connectivity index (χ0v) is 24.1. The van der Waals surface area contributed by atoms with Gasteiger partial charge in [-0.05, 0) is 68.9 Å². The summed E-state index contributed by atoms with van der Waals surface area (Å²) in [4.78, 5) is 50.0. The van der Waals surface area contributed by atoms with Crippen LogP contribution in [0.15, 0.2) is 18.2 Å². The number of ketones is 4. The summed E-state index contributed by atoms with van der Waals surface area (Å²) in [6.07, 6.45) is 11.6. The molecule has 0 aliphatic heterocycles. The number of carbonyl (C=O) groups is 4. The topological polar surface area (TPSA) is 68.3 Å². The average Bonchev–Trinajstić information content (AvgIpc) is 2.83. The van der Waals surface area contributed by atoms with Gasteiger partial charge in [0.15, 0.2) is 5.78 Å². The molecule has 0 saturated carbocycles. The van der Waals surface area contributed by atoms with Crippen molar-refractivity contribution in [3.05, 3.63) is 34.9 Å². The molecule has 37 heavy (non-hydrogen) atoms. The molecule has 0 amide bonds. The van der Waals surface area contributed by atoms with E-state index in [9.17, 15) is 19.2 Å². The first kappa shape index (κ1) is 31.1. The molecule has 0 saturated heterocycles. The van der Waals surface area contributed by atoms with E-state index in [2.05, 4.69) is 19.9 Å². The fraction of sp³-hybridized carbons (Fsp3) is 0.697. The monoisotopic (exact) mass is 510 g/mol. The molecule has 2 rings (SSSR count). The Balaban J connectivity index is 1.82. The first-order chi connectivity index (χ1) is 17.7. The number of hydrogen-bond acceptors (Lipinski definition) is 4. The van der Waals surface area contributed by atoms with E-state index in [0.717, 1.165) is 87.3 Å². The van der Waals surface area contributed by atoms with Crippen LogP contribution in [0.4, 0.5) is 0 Å². The number of hydrogen-bond donors (Lipinski definition) is 0. The van der Waals surface area contributed by atoms with E-state index >= 15 is 0 Å². The molecule has 206 valence electrons. The summed E-state index contributed by atoms with van der Waals surface area (Å²) in [5, 5.41) is 0. The van der Waals surface area contributed by atoms with E-state index in [1.165, 1.54) is 0 Å². The summed E-state index contributed by atoms with van der Waals surface area (Å²) in [5.74, 6) is 1.22. The van der Waals surface area contributed by atoms with Gasteiger partial charge in [-0.1, -0.05) is 77.5 Å². The second kappa shape index (κ2) is 16.0. The quantitative estimate of drug-likeness (QED) is 0.148. The third-order valence-electron chi connectivity index (χ3n) is 8.50. The molecule has 1 aliphatic carbocycles. The molecule has 4 atom stereocenters. The first-order valence-electron chi connectivity index (χ1n) is 14.8. The highest BCUT2D eigenvalue weighted by molar-refractivity contribution is 6.00.